The van der Waals surface area contributed by atoms with Gasteiger partial charge in [-0.05, 0) is 42.5 Å². The predicted octanol–water partition coefficient (Wildman–Crippen LogP) is 4.81. The molecule has 0 fully saturated rings. The van der Waals surface area contributed by atoms with Crippen LogP contribution in [0.1, 0.15) is 17.7 Å². The van der Waals surface area contributed by atoms with Gasteiger partial charge >= 0.3 is 0 Å². The van der Waals surface area contributed by atoms with Crippen molar-refractivity contribution in [1.29, 1.82) is 0 Å². The van der Waals surface area contributed by atoms with Crippen LogP contribution in [0.15, 0.2) is 59.2 Å². The molecule has 1 N–H and O–H groups in total. The van der Waals surface area contributed by atoms with E-state index in [0.29, 0.717) is 0 Å². The molecule has 0 saturated heterocycles. The Morgan fingerprint density at radius 1 is 1.00 bits per heavy atom. The average Bonchev–Trinajstić information content (AvgIpc) is 3.03. The minimum Gasteiger partial charge on any atom is -0.468 e. The van der Waals surface area contributed by atoms with Crippen molar-refractivity contribution in [2.45, 2.75) is 19.4 Å². The zero-order valence-electron chi connectivity index (χ0n) is 11.8. The van der Waals surface area contributed by atoms with Gasteiger partial charge in [0.2, 0.25) is 0 Å². The van der Waals surface area contributed by atoms with Gasteiger partial charge in [0, 0.05) is 5.39 Å². The van der Waals surface area contributed by atoms with Crippen LogP contribution in [0.3, 0.4) is 0 Å². The summed E-state index contributed by atoms with van der Waals surface area (Å²) in [5, 5.41) is 6.60. The molecule has 2 nitrogen and oxygen atoms in total. The van der Waals surface area contributed by atoms with E-state index in [1.54, 1.807) is 6.26 Å². The van der Waals surface area contributed by atoms with Crippen LogP contribution < -0.4 is 5.32 Å². The van der Waals surface area contributed by atoms with E-state index in [-0.39, 0.29) is 0 Å². The molecule has 0 amide bonds. The fourth-order valence-electron chi connectivity index (χ4n) is 2.50. The van der Waals surface area contributed by atoms with Crippen molar-refractivity contribution in [3.8, 4) is 0 Å². The van der Waals surface area contributed by atoms with E-state index in [1.165, 1.54) is 10.9 Å². The van der Waals surface area contributed by atoms with E-state index in [4.69, 9.17) is 16.0 Å². The van der Waals surface area contributed by atoms with Crippen LogP contribution in [0.2, 0.25) is 5.02 Å². The normalized spacial score (nSPS) is 11.1. The summed E-state index contributed by atoms with van der Waals surface area (Å²) < 4.78 is 5.28. The van der Waals surface area contributed by atoms with Gasteiger partial charge in [0.1, 0.15) is 5.76 Å². The second-order valence-electron chi connectivity index (χ2n) is 5.12. The van der Waals surface area contributed by atoms with Crippen molar-refractivity contribution in [3.63, 3.8) is 0 Å². The number of rotatable bonds is 6. The minimum absolute atomic E-state index is 0.776. The summed E-state index contributed by atoms with van der Waals surface area (Å²) in [7, 11) is 0. The maximum absolute atomic E-state index is 6.50. The monoisotopic (exact) mass is 299 g/mol. The largest absolute Gasteiger partial charge is 0.468 e. The summed E-state index contributed by atoms with van der Waals surface area (Å²) in [5.41, 5.74) is 1.22. The van der Waals surface area contributed by atoms with Gasteiger partial charge in [0.25, 0.3) is 0 Å². The highest BCUT2D eigenvalue weighted by Crippen LogP contribution is 2.27. The third-order valence-electron chi connectivity index (χ3n) is 3.62. The molecule has 1 aromatic heterocycles. The average molecular weight is 300 g/mol. The van der Waals surface area contributed by atoms with Crippen LogP contribution in [0.5, 0.6) is 0 Å². The lowest BCUT2D eigenvalue weighted by atomic mass is 10.0. The van der Waals surface area contributed by atoms with Crippen molar-refractivity contribution in [2.24, 2.45) is 0 Å². The Morgan fingerprint density at radius 3 is 2.76 bits per heavy atom. The van der Waals surface area contributed by atoms with Gasteiger partial charge in [-0.15, -0.1) is 0 Å². The zero-order valence-corrected chi connectivity index (χ0v) is 12.6. The predicted molar refractivity (Wildman–Crippen MR) is 87.7 cm³/mol. The van der Waals surface area contributed by atoms with Gasteiger partial charge in [0.05, 0.1) is 17.8 Å². The molecule has 0 aliphatic carbocycles. The van der Waals surface area contributed by atoms with Crippen LogP contribution in [0.25, 0.3) is 10.8 Å². The van der Waals surface area contributed by atoms with E-state index >= 15 is 0 Å². The lowest BCUT2D eigenvalue weighted by Crippen LogP contribution is -2.14. The van der Waals surface area contributed by atoms with Crippen molar-refractivity contribution in [1.82, 2.24) is 5.32 Å². The van der Waals surface area contributed by atoms with Gasteiger partial charge in [-0.25, -0.2) is 0 Å². The number of hydrogen-bond donors (Lipinski definition) is 1. The van der Waals surface area contributed by atoms with Crippen LogP contribution in [0, 0.1) is 0 Å². The Morgan fingerprint density at radius 2 is 1.90 bits per heavy atom. The van der Waals surface area contributed by atoms with Crippen LogP contribution in [0.4, 0.5) is 0 Å². The number of fused-ring (bicyclic) bond motifs is 1. The highest BCUT2D eigenvalue weighted by atomic mass is 35.5. The summed E-state index contributed by atoms with van der Waals surface area (Å²) in [5.74, 6) is 0.971. The van der Waals surface area contributed by atoms with Crippen LogP contribution >= 0.6 is 11.6 Å². The molecule has 21 heavy (non-hydrogen) atoms. The third kappa shape index (κ3) is 3.46. The fraction of sp³-hybridized carbons (Fsp3) is 0.222. The van der Waals surface area contributed by atoms with E-state index in [0.717, 1.165) is 42.1 Å². The van der Waals surface area contributed by atoms with Gasteiger partial charge in [0.15, 0.2) is 0 Å². The Hall–Kier alpha value is -1.77. The molecule has 0 aliphatic rings. The molecular weight excluding hydrogens is 282 g/mol. The Balaban J connectivity index is 1.54. The molecule has 0 spiro atoms. The Kier molecular flexibility index (Phi) is 4.59. The standard InChI is InChI=1S/C18H18ClNO/c19-18-15(10-9-14-5-1-2-8-17(14)18)6-3-11-20-13-16-7-4-12-21-16/h1-2,4-5,7-10,12,20H,3,6,11,13H2. The first-order chi connectivity index (χ1) is 10.3. The molecule has 0 radical (unpaired) electrons. The first kappa shape index (κ1) is 14.2. The maximum atomic E-state index is 6.50. The van der Waals surface area contributed by atoms with Gasteiger partial charge in [-0.3, -0.25) is 0 Å². The highest BCUT2D eigenvalue weighted by Gasteiger charge is 2.05. The molecule has 0 aliphatic heterocycles. The van der Waals surface area contributed by atoms with E-state index in [2.05, 4.69) is 29.6 Å². The molecule has 108 valence electrons. The summed E-state index contributed by atoms with van der Waals surface area (Å²) in [6, 6.07) is 16.4. The van der Waals surface area contributed by atoms with Crippen molar-refractivity contribution in [2.75, 3.05) is 6.54 Å². The van der Waals surface area contributed by atoms with Gasteiger partial charge in [-0.1, -0.05) is 48.0 Å². The second-order valence-corrected chi connectivity index (χ2v) is 5.50. The van der Waals surface area contributed by atoms with Crippen LogP contribution in [-0.2, 0) is 13.0 Å². The zero-order chi connectivity index (χ0) is 14.5. The number of nitrogens with one attached hydrogen (secondary N) is 1. The topological polar surface area (TPSA) is 25.2 Å². The number of aryl methyl sites for hydroxylation is 1. The lowest BCUT2D eigenvalue weighted by molar-refractivity contribution is 0.481. The molecule has 2 aromatic carbocycles. The van der Waals surface area contributed by atoms with E-state index < -0.39 is 0 Å². The molecule has 0 bridgehead atoms. The molecule has 3 rings (SSSR count). The highest BCUT2D eigenvalue weighted by molar-refractivity contribution is 6.36. The molecule has 1 heterocycles. The first-order valence-electron chi connectivity index (χ1n) is 7.24. The summed E-state index contributed by atoms with van der Waals surface area (Å²) in [4.78, 5) is 0. The molecule has 0 saturated carbocycles. The summed E-state index contributed by atoms with van der Waals surface area (Å²) in [6.07, 6.45) is 3.74. The first-order valence-corrected chi connectivity index (χ1v) is 7.61. The number of halogens is 1. The van der Waals surface area contributed by atoms with Crippen molar-refractivity contribution >= 4 is 22.4 Å². The fourth-order valence-corrected chi connectivity index (χ4v) is 2.83. The number of furan rings is 1. The molecule has 0 atom stereocenters. The smallest absolute Gasteiger partial charge is 0.117 e. The minimum atomic E-state index is 0.776. The quantitative estimate of drug-likeness (QED) is 0.661. The third-order valence-corrected chi connectivity index (χ3v) is 4.07. The van der Waals surface area contributed by atoms with Gasteiger partial charge in [-0.2, -0.15) is 0 Å². The van der Waals surface area contributed by atoms with E-state index in [9.17, 15) is 0 Å². The maximum Gasteiger partial charge on any atom is 0.117 e. The van der Waals surface area contributed by atoms with Crippen LogP contribution in [-0.4, -0.2) is 6.54 Å². The lowest BCUT2D eigenvalue weighted by Gasteiger charge is -2.08. The SMILES string of the molecule is Clc1c(CCCNCc2ccco2)ccc2ccccc12. The number of benzene rings is 2. The van der Waals surface area contributed by atoms with Crippen molar-refractivity contribution in [3.05, 3.63) is 71.1 Å². The van der Waals surface area contributed by atoms with Crippen molar-refractivity contribution < 1.29 is 4.42 Å². The Bertz CT molecular complexity index is 706. The van der Waals surface area contributed by atoms with E-state index in [1.807, 2.05) is 24.3 Å². The summed E-state index contributed by atoms with van der Waals surface area (Å²) in [6.45, 7) is 1.72. The molecule has 3 aromatic rings. The van der Waals surface area contributed by atoms with Gasteiger partial charge < -0.3 is 9.73 Å². The number of hydrogen-bond acceptors (Lipinski definition) is 2. The molecular formula is C18H18ClNO. The molecule has 3 heteroatoms. The Labute approximate surface area is 129 Å². The summed E-state index contributed by atoms with van der Waals surface area (Å²) >= 11 is 6.50. The second kappa shape index (κ2) is 6.79. The molecule has 0 unspecified atom stereocenters.